The van der Waals surface area contributed by atoms with Gasteiger partial charge in [0.2, 0.25) is 0 Å². The number of hydrogen-bond donors (Lipinski definition) is 0. The number of benzene rings is 1. The Hall–Kier alpha value is -2.95. The summed E-state index contributed by atoms with van der Waals surface area (Å²) in [4.78, 5) is 31.2. The minimum atomic E-state index is -0.480. The molecule has 2 atom stereocenters. The van der Waals surface area contributed by atoms with Crippen LogP contribution in [0, 0.1) is 5.92 Å². The van der Waals surface area contributed by atoms with E-state index < -0.39 is 5.63 Å². The molecular weight excluding hydrogens is 316 g/mol. The van der Waals surface area contributed by atoms with Crippen LogP contribution in [0.15, 0.2) is 64.1 Å². The molecule has 1 fully saturated rings. The molecule has 1 saturated heterocycles. The zero-order chi connectivity index (χ0) is 17.4. The third-order valence-electron chi connectivity index (χ3n) is 4.72. The topological polar surface area (TPSA) is 63.4 Å². The number of fused-ring (bicyclic) bond motifs is 1. The minimum Gasteiger partial charge on any atom is -0.417 e. The molecule has 0 spiro atoms. The molecule has 1 amide bonds. The molecule has 1 aliphatic heterocycles. The second kappa shape index (κ2) is 6.16. The molecule has 1 aromatic carbocycles. The van der Waals surface area contributed by atoms with Gasteiger partial charge in [0.05, 0.1) is 11.4 Å². The average Bonchev–Trinajstić information content (AvgIpc) is 3.03. The fourth-order valence-corrected chi connectivity index (χ4v) is 3.54. The predicted octanol–water partition coefficient (Wildman–Crippen LogP) is 3.41. The predicted molar refractivity (Wildman–Crippen MR) is 94.3 cm³/mol. The zero-order valence-electron chi connectivity index (χ0n) is 13.9. The van der Waals surface area contributed by atoms with Crippen LogP contribution in [0.1, 0.15) is 35.5 Å². The van der Waals surface area contributed by atoms with Crippen LogP contribution in [-0.4, -0.2) is 22.3 Å². The number of aromatic nitrogens is 1. The van der Waals surface area contributed by atoms with Crippen molar-refractivity contribution in [3.63, 3.8) is 0 Å². The van der Waals surface area contributed by atoms with Crippen LogP contribution in [-0.2, 0) is 0 Å². The van der Waals surface area contributed by atoms with Gasteiger partial charge in [-0.2, -0.15) is 0 Å². The summed E-state index contributed by atoms with van der Waals surface area (Å²) < 4.78 is 5.32. The monoisotopic (exact) mass is 334 g/mol. The fraction of sp³-hybridized carbons (Fsp3) is 0.250. The Morgan fingerprint density at radius 1 is 1.24 bits per heavy atom. The maximum absolute atomic E-state index is 13.0. The van der Waals surface area contributed by atoms with Crippen molar-refractivity contribution >= 4 is 16.7 Å². The SMILES string of the molecule is C[C@@H]1C[C@@H](c2cccnc2)N(C(=O)c2cc3ccccc3c(=O)o2)C1. The molecule has 0 radical (unpaired) electrons. The molecule has 126 valence electrons. The van der Waals surface area contributed by atoms with Gasteiger partial charge in [0.25, 0.3) is 5.91 Å². The van der Waals surface area contributed by atoms with Crippen molar-refractivity contribution in [1.29, 1.82) is 0 Å². The first-order chi connectivity index (χ1) is 12.1. The molecule has 0 bridgehead atoms. The van der Waals surface area contributed by atoms with E-state index in [1.54, 1.807) is 35.5 Å². The van der Waals surface area contributed by atoms with Crippen LogP contribution < -0.4 is 5.63 Å². The number of hydrogen-bond acceptors (Lipinski definition) is 4. The Labute approximate surface area is 144 Å². The second-order valence-electron chi connectivity index (χ2n) is 6.59. The van der Waals surface area contributed by atoms with E-state index in [2.05, 4.69) is 11.9 Å². The van der Waals surface area contributed by atoms with Gasteiger partial charge in [0, 0.05) is 18.9 Å². The molecule has 3 aromatic rings. The number of rotatable bonds is 2. The lowest BCUT2D eigenvalue weighted by Crippen LogP contribution is -2.31. The number of carbonyl (C=O) groups excluding carboxylic acids is 1. The standard InChI is InChI=1S/C20H18N2O3/c1-13-9-17(15-6-4-8-21-11-15)22(12-13)19(23)18-10-14-5-2-3-7-16(14)20(24)25-18/h2-8,10-11,13,17H,9,12H2,1H3/t13-,17+/m1/s1. The Balaban J connectivity index is 1.73. The summed E-state index contributed by atoms with van der Waals surface area (Å²) in [5.74, 6) is 0.217. The molecular formula is C20H18N2O3. The summed E-state index contributed by atoms with van der Waals surface area (Å²) >= 11 is 0. The van der Waals surface area contributed by atoms with Crippen LogP contribution in [0.25, 0.3) is 10.8 Å². The van der Waals surface area contributed by atoms with Gasteiger partial charge in [0.15, 0.2) is 5.76 Å². The first kappa shape index (κ1) is 15.6. The summed E-state index contributed by atoms with van der Waals surface area (Å²) in [7, 11) is 0. The maximum atomic E-state index is 13.0. The van der Waals surface area contributed by atoms with Crippen molar-refractivity contribution < 1.29 is 9.21 Å². The van der Waals surface area contributed by atoms with Crippen molar-refractivity contribution in [3.8, 4) is 0 Å². The van der Waals surface area contributed by atoms with Gasteiger partial charge < -0.3 is 9.32 Å². The largest absolute Gasteiger partial charge is 0.417 e. The number of carbonyl (C=O) groups is 1. The number of amides is 1. The van der Waals surface area contributed by atoms with E-state index in [1.165, 1.54) is 0 Å². The van der Waals surface area contributed by atoms with Crippen LogP contribution in [0.2, 0.25) is 0 Å². The molecule has 0 unspecified atom stereocenters. The molecule has 0 saturated carbocycles. The van der Waals surface area contributed by atoms with Crippen molar-refractivity contribution in [2.24, 2.45) is 5.92 Å². The highest BCUT2D eigenvalue weighted by molar-refractivity contribution is 5.95. The Kier molecular flexibility index (Phi) is 3.84. The lowest BCUT2D eigenvalue weighted by molar-refractivity contribution is 0.0695. The quantitative estimate of drug-likeness (QED) is 0.720. The number of nitrogens with zero attached hydrogens (tertiary/aromatic N) is 2. The fourth-order valence-electron chi connectivity index (χ4n) is 3.54. The summed E-state index contributed by atoms with van der Waals surface area (Å²) in [6.45, 7) is 2.75. The number of pyridine rings is 1. The summed E-state index contributed by atoms with van der Waals surface area (Å²) in [6.07, 6.45) is 4.38. The Bertz CT molecular complexity index is 981. The highest BCUT2D eigenvalue weighted by atomic mass is 16.4. The molecule has 5 nitrogen and oxygen atoms in total. The Morgan fingerprint density at radius 2 is 2.08 bits per heavy atom. The molecule has 25 heavy (non-hydrogen) atoms. The lowest BCUT2D eigenvalue weighted by Gasteiger charge is -2.24. The molecule has 1 aliphatic rings. The van der Waals surface area contributed by atoms with E-state index in [-0.39, 0.29) is 17.7 Å². The Morgan fingerprint density at radius 3 is 2.88 bits per heavy atom. The van der Waals surface area contributed by atoms with Gasteiger partial charge >= 0.3 is 5.63 Å². The first-order valence-corrected chi connectivity index (χ1v) is 8.37. The number of likely N-dealkylation sites (tertiary alicyclic amines) is 1. The molecule has 2 aromatic heterocycles. The van der Waals surface area contributed by atoms with E-state index in [1.807, 2.05) is 24.3 Å². The second-order valence-corrected chi connectivity index (χ2v) is 6.59. The van der Waals surface area contributed by atoms with E-state index in [9.17, 15) is 9.59 Å². The van der Waals surface area contributed by atoms with Gasteiger partial charge in [-0.15, -0.1) is 0 Å². The summed E-state index contributed by atoms with van der Waals surface area (Å²) in [6, 6.07) is 12.6. The van der Waals surface area contributed by atoms with E-state index in [0.717, 1.165) is 12.0 Å². The van der Waals surface area contributed by atoms with Gasteiger partial charge in [-0.1, -0.05) is 31.2 Å². The average molecular weight is 334 g/mol. The lowest BCUT2D eigenvalue weighted by atomic mass is 10.0. The smallest absolute Gasteiger partial charge is 0.344 e. The highest BCUT2D eigenvalue weighted by Crippen LogP contribution is 2.36. The van der Waals surface area contributed by atoms with Crippen LogP contribution in [0.3, 0.4) is 0 Å². The molecule has 0 aliphatic carbocycles. The van der Waals surface area contributed by atoms with Crippen LogP contribution in [0.4, 0.5) is 0 Å². The summed E-state index contributed by atoms with van der Waals surface area (Å²) in [5, 5.41) is 1.20. The molecule has 3 heterocycles. The third kappa shape index (κ3) is 2.82. The zero-order valence-corrected chi connectivity index (χ0v) is 13.9. The van der Waals surface area contributed by atoms with Crippen LogP contribution >= 0.6 is 0 Å². The van der Waals surface area contributed by atoms with Crippen molar-refractivity contribution in [2.45, 2.75) is 19.4 Å². The van der Waals surface area contributed by atoms with Gasteiger partial charge in [-0.3, -0.25) is 9.78 Å². The third-order valence-corrected chi connectivity index (χ3v) is 4.72. The van der Waals surface area contributed by atoms with Gasteiger partial charge in [-0.25, -0.2) is 4.79 Å². The minimum absolute atomic E-state index is 0.0482. The molecule has 0 N–H and O–H groups in total. The van der Waals surface area contributed by atoms with Gasteiger partial charge in [-0.05, 0) is 41.5 Å². The van der Waals surface area contributed by atoms with Crippen molar-refractivity contribution in [3.05, 3.63) is 76.6 Å². The molecule has 5 heteroatoms. The summed E-state index contributed by atoms with van der Waals surface area (Å²) in [5.41, 5.74) is 0.523. The van der Waals surface area contributed by atoms with Crippen LogP contribution in [0.5, 0.6) is 0 Å². The van der Waals surface area contributed by atoms with E-state index in [4.69, 9.17) is 4.42 Å². The van der Waals surface area contributed by atoms with E-state index >= 15 is 0 Å². The van der Waals surface area contributed by atoms with E-state index in [0.29, 0.717) is 23.2 Å². The molecule has 4 rings (SSSR count). The normalized spacial score (nSPS) is 20.1. The van der Waals surface area contributed by atoms with Crippen molar-refractivity contribution in [2.75, 3.05) is 6.54 Å². The maximum Gasteiger partial charge on any atom is 0.344 e. The van der Waals surface area contributed by atoms with Gasteiger partial charge in [0.1, 0.15) is 0 Å². The highest BCUT2D eigenvalue weighted by Gasteiger charge is 2.35. The first-order valence-electron chi connectivity index (χ1n) is 8.37. The van der Waals surface area contributed by atoms with Crippen molar-refractivity contribution in [1.82, 2.24) is 9.88 Å².